The van der Waals surface area contributed by atoms with E-state index >= 15 is 0 Å². The third-order valence-electron chi connectivity index (χ3n) is 2.98. The zero-order chi connectivity index (χ0) is 11.4. The lowest BCUT2D eigenvalue weighted by atomic mass is 9.95. The largest absolute Gasteiger partial charge is 0.364 e. The van der Waals surface area contributed by atoms with Gasteiger partial charge in [-0.1, -0.05) is 5.16 Å². The van der Waals surface area contributed by atoms with Crippen molar-refractivity contribution in [2.75, 3.05) is 19.0 Å². The van der Waals surface area contributed by atoms with E-state index in [-0.39, 0.29) is 5.91 Å². The van der Waals surface area contributed by atoms with Gasteiger partial charge in [-0.15, -0.1) is 11.6 Å². The van der Waals surface area contributed by atoms with Crippen LogP contribution in [0, 0.1) is 5.92 Å². The van der Waals surface area contributed by atoms with Crippen molar-refractivity contribution in [2.45, 2.75) is 19.3 Å². The molecule has 0 aliphatic carbocycles. The summed E-state index contributed by atoms with van der Waals surface area (Å²) in [5, 5.41) is 3.67. The van der Waals surface area contributed by atoms with E-state index in [1.807, 2.05) is 4.90 Å². The molecule has 0 spiro atoms. The molecule has 88 valence electrons. The highest BCUT2D eigenvalue weighted by atomic mass is 35.5. The minimum absolute atomic E-state index is 0.0342. The monoisotopic (exact) mass is 242 g/mol. The first-order valence-corrected chi connectivity index (χ1v) is 6.10. The lowest BCUT2D eigenvalue weighted by Gasteiger charge is -2.31. The lowest BCUT2D eigenvalue weighted by Crippen LogP contribution is -2.40. The highest BCUT2D eigenvalue weighted by Crippen LogP contribution is 2.21. The number of nitrogens with zero attached hydrogens (tertiary/aromatic N) is 2. The maximum Gasteiger partial charge on any atom is 0.276 e. The van der Waals surface area contributed by atoms with Gasteiger partial charge in [0.05, 0.1) is 0 Å². The Bertz CT molecular complexity index is 338. The molecule has 0 radical (unpaired) electrons. The van der Waals surface area contributed by atoms with Crippen molar-refractivity contribution in [2.24, 2.45) is 5.92 Å². The Labute approximate surface area is 99.5 Å². The summed E-state index contributed by atoms with van der Waals surface area (Å²) >= 11 is 5.73. The molecule has 5 heteroatoms. The third kappa shape index (κ3) is 2.55. The maximum absolute atomic E-state index is 12.0. The van der Waals surface area contributed by atoms with Crippen LogP contribution in [0.2, 0.25) is 0 Å². The summed E-state index contributed by atoms with van der Waals surface area (Å²) in [4.78, 5) is 13.8. The van der Waals surface area contributed by atoms with Crippen molar-refractivity contribution < 1.29 is 9.32 Å². The molecule has 1 unspecified atom stereocenters. The predicted molar refractivity (Wildman–Crippen MR) is 60.5 cm³/mol. The van der Waals surface area contributed by atoms with Crippen LogP contribution < -0.4 is 0 Å². The second kappa shape index (κ2) is 5.34. The second-order valence-electron chi connectivity index (χ2n) is 4.12. The number of halogens is 1. The minimum atomic E-state index is -0.0342. The summed E-state index contributed by atoms with van der Waals surface area (Å²) in [6.07, 6.45) is 4.61. The van der Waals surface area contributed by atoms with Crippen molar-refractivity contribution in [1.29, 1.82) is 0 Å². The SMILES string of the molecule is O=C(c1ccon1)N1CCCC(CCCl)C1. The number of carbonyl (C=O) groups is 1. The molecule has 0 bridgehead atoms. The fraction of sp³-hybridized carbons (Fsp3) is 0.636. The number of alkyl halides is 1. The van der Waals surface area contributed by atoms with Crippen LogP contribution in [0.25, 0.3) is 0 Å². The Morgan fingerprint density at radius 1 is 1.69 bits per heavy atom. The quantitative estimate of drug-likeness (QED) is 0.763. The summed E-state index contributed by atoms with van der Waals surface area (Å²) in [6.45, 7) is 1.60. The van der Waals surface area contributed by atoms with Crippen LogP contribution in [-0.2, 0) is 0 Å². The predicted octanol–water partition coefficient (Wildman–Crippen LogP) is 2.16. The molecular weight excluding hydrogens is 228 g/mol. The zero-order valence-corrected chi connectivity index (χ0v) is 9.82. The van der Waals surface area contributed by atoms with Gasteiger partial charge in [-0.25, -0.2) is 0 Å². The van der Waals surface area contributed by atoms with Crippen LogP contribution in [0.15, 0.2) is 16.9 Å². The average molecular weight is 243 g/mol. The van der Waals surface area contributed by atoms with Gasteiger partial charge in [-0.3, -0.25) is 4.79 Å². The molecule has 1 aliphatic heterocycles. The molecule has 1 aliphatic rings. The first-order valence-electron chi connectivity index (χ1n) is 5.57. The molecule has 0 aromatic carbocycles. The second-order valence-corrected chi connectivity index (χ2v) is 4.50. The van der Waals surface area contributed by atoms with Gasteiger partial charge in [-0.05, 0) is 25.2 Å². The van der Waals surface area contributed by atoms with E-state index in [0.717, 1.165) is 32.4 Å². The molecule has 1 saturated heterocycles. The van der Waals surface area contributed by atoms with E-state index in [2.05, 4.69) is 9.68 Å². The van der Waals surface area contributed by atoms with Crippen LogP contribution in [0.4, 0.5) is 0 Å². The number of aromatic nitrogens is 1. The van der Waals surface area contributed by atoms with Crippen LogP contribution in [0.3, 0.4) is 0 Å². The van der Waals surface area contributed by atoms with Gasteiger partial charge in [0.25, 0.3) is 5.91 Å². The Hall–Kier alpha value is -1.03. The summed E-state index contributed by atoms with van der Waals surface area (Å²) < 4.78 is 4.68. The molecular formula is C11H15ClN2O2. The molecule has 1 aromatic heterocycles. The van der Waals surface area contributed by atoms with E-state index in [1.54, 1.807) is 6.07 Å². The van der Waals surface area contributed by atoms with E-state index in [0.29, 0.717) is 17.5 Å². The number of hydrogen-bond donors (Lipinski definition) is 0. The van der Waals surface area contributed by atoms with Gasteiger partial charge in [0.2, 0.25) is 0 Å². The number of hydrogen-bond acceptors (Lipinski definition) is 3. The van der Waals surface area contributed by atoms with Crippen molar-refractivity contribution in [3.63, 3.8) is 0 Å². The van der Waals surface area contributed by atoms with E-state index < -0.39 is 0 Å². The van der Waals surface area contributed by atoms with Crippen molar-refractivity contribution in [3.05, 3.63) is 18.0 Å². The number of piperidine rings is 1. The first-order chi connectivity index (χ1) is 7.81. The normalized spacial score (nSPS) is 21.1. The van der Waals surface area contributed by atoms with Crippen molar-refractivity contribution in [3.8, 4) is 0 Å². The summed E-state index contributed by atoms with van der Waals surface area (Å²) in [6, 6.07) is 1.60. The van der Waals surface area contributed by atoms with Crippen molar-refractivity contribution >= 4 is 17.5 Å². The lowest BCUT2D eigenvalue weighted by molar-refractivity contribution is 0.0661. The Morgan fingerprint density at radius 2 is 2.56 bits per heavy atom. The van der Waals surface area contributed by atoms with Gasteiger partial charge >= 0.3 is 0 Å². The fourth-order valence-corrected chi connectivity index (χ4v) is 2.43. The standard InChI is InChI=1S/C11H15ClN2O2/c12-5-3-9-2-1-6-14(8-9)11(15)10-4-7-16-13-10/h4,7,9H,1-3,5-6,8H2. The number of rotatable bonds is 3. The van der Waals surface area contributed by atoms with E-state index in [1.165, 1.54) is 6.26 Å². The maximum atomic E-state index is 12.0. The zero-order valence-electron chi connectivity index (χ0n) is 9.06. The molecule has 1 atom stereocenters. The molecule has 4 nitrogen and oxygen atoms in total. The number of carbonyl (C=O) groups excluding carboxylic acids is 1. The van der Waals surface area contributed by atoms with Crippen LogP contribution >= 0.6 is 11.6 Å². The molecule has 1 fully saturated rings. The van der Waals surface area contributed by atoms with E-state index in [4.69, 9.17) is 11.6 Å². The van der Waals surface area contributed by atoms with Crippen LogP contribution in [-0.4, -0.2) is 34.9 Å². The number of likely N-dealkylation sites (tertiary alicyclic amines) is 1. The smallest absolute Gasteiger partial charge is 0.276 e. The van der Waals surface area contributed by atoms with E-state index in [9.17, 15) is 4.79 Å². The third-order valence-corrected chi connectivity index (χ3v) is 3.20. The Morgan fingerprint density at radius 3 is 3.25 bits per heavy atom. The highest BCUT2D eigenvalue weighted by molar-refractivity contribution is 6.17. The highest BCUT2D eigenvalue weighted by Gasteiger charge is 2.25. The van der Waals surface area contributed by atoms with Gasteiger partial charge in [-0.2, -0.15) is 0 Å². The average Bonchev–Trinajstić information content (AvgIpc) is 2.82. The first kappa shape index (κ1) is 11.5. The summed E-state index contributed by atoms with van der Waals surface area (Å²) in [5.41, 5.74) is 0.395. The molecule has 1 aromatic rings. The van der Waals surface area contributed by atoms with Crippen LogP contribution in [0.1, 0.15) is 29.8 Å². The van der Waals surface area contributed by atoms with Gasteiger partial charge < -0.3 is 9.42 Å². The number of amides is 1. The van der Waals surface area contributed by atoms with Crippen LogP contribution in [0.5, 0.6) is 0 Å². The molecule has 0 saturated carbocycles. The molecule has 16 heavy (non-hydrogen) atoms. The van der Waals surface area contributed by atoms with Gasteiger partial charge in [0, 0.05) is 25.0 Å². The molecule has 2 rings (SSSR count). The summed E-state index contributed by atoms with van der Waals surface area (Å²) in [5.74, 6) is 1.16. The Balaban J connectivity index is 1.96. The van der Waals surface area contributed by atoms with Gasteiger partial charge in [0.15, 0.2) is 5.69 Å². The fourth-order valence-electron chi connectivity index (χ4n) is 2.12. The van der Waals surface area contributed by atoms with Gasteiger partial charge in [0.1, 0.15) is 6.26 Å². The molecule has 0 N–H and O–H groups in total. The molecule has 2 heterocycles. The topological polar surface area (TPSA) is 46.3 Å². The Kier molecular flexibility index (Phi) is 3.83. The molecule has 1 amide bonds. The minimum Gasteiger partial charge on any atom is -0.364 e. The summed E-state index contributed by atoms with van der Waals surface area (Å²) in [7, 11) is 0. The van der Waals surface area contributed by atoms with Crippen molar-refractivity contribution in [1.82, 2.24) is 10.1 Å².